The molecule has 0 radical (unpaired) electrons. The van der Waals surface area contributed by atoms with Gasteiger partial charge in [0, 0.05) is 28.2 Å². The van der Waals surface area contributed by atoms with Crippen LogP contribution in [0, 0.1) is 34.6 Å². The third-order valence-electron chi connectivity index (χ3n) is 11.2. The largest absolute Gasteiger partial charge is 0.308 e. The van der Waals surface area contributed by atoms with E-state index in [2.05, 4.69) is 176 Å². The molecule has 0 amide bonds. The van der Waals surface area contributed by atoms with Crippen molar-refractivity contribution in [1.82, 2.24) is 9.55 Å². The molecule has 0 unspecified atom stereocenters. The molecule has 0 aliphatic carbocycles. The molecule has 0 atom stereocenters. The molecule has 9 rings (SSSR count). The Morgan fingerprint density at radius 2 is 1.23 bits per heavy atom. The highest BCUT2D eigenvalue weighted by molar-refractivity contribution is 6.12. The van der Waals surface area contributed by atoms with E-state index in [0.29, 0.717) is 18.9 Å². The van der Waals surface area contributed by atoms with E-state index < -0.39 is 0 Å². The van der Waals surface area contributed by atoms with Crippen LogP contribution in [-0.4, -0.2) is 28.8 Å². The first-order valence-electron chi connectivity index (χ1n) is 21.0. The highest BCUT2D eigenvalue weighted by Gasteiger charge is 2.19. The average molecular weight is 808 g/mol. The lowest BCUT2D eigenvalue weighted by molar-refractivity contribution is 1.06. The molecule has 7 aromatic carbocycles. The maximum absolute atomic E-state index is 4.53. The first-order chi connectivity index (χ1) is 30.3. The summed E-state index contributed by atoms with van der Waals surface area (Å²) in [7, 11) is 0. The Kier molecular flexibility index (Phi) is 13.9. The van der Waals surface area contributed by atoms with E-state index in [9.17, 15) is 0 Å². The van der Waals surface area contributed by atoms with Crippen molar-refractivity contribution in [3.63, 3.8) is 0 Å². The number of hydrogen-bond donors (Lipinski definition) is 0. The van der Waals surface area contributed by atoms with Crippen LogP contribution in [0.2, 0.25) is 0 Å². The van der Waals surface area contributed by atoms with E-state index in [1.165, 1.54) is 77.5 Å². The summed E-state index contributed by atoms with van der Waals surface area (Å²) in [6, 6.07) is 58.8. The van der Waals surface area contributed by atoms with Crippen LogP contribution in [-0.2, 0) is 13.1 Å². The van der Waals surface area contributed by atoms with Crippen LogP contribution in [0.4, 0.5) is 0 Å². The molecule has 2 heterocycles. The minimum atomic E-state index is 0.598. The maximum atomic E-state index is 4.53. The summed E-state index contributed by atoms with van der Waals surface area (Å²) in [6.07, 6.45) is 3.89. The van der Waals surface area contributed by atoms with E-state index in [-0.39, 0.29) is 0 Å². The molecule has 0 bridgehead atoms. The molecular weight excluding hydrogens is 755 g/mol. The minimum Gasteiger partial charge on any atom is -0.308 e. The number of aryl methyl sites for hydroxylation is 5. The monoisotopic (exact) mass is 807 g/mol. The summed E-state index contributed by atoms with van der Waals surface area (Å²) in [4.78, 5) is 17.2. The van der Waals surface area contributed by atoms with Crippen LogP contribution in [0.1, 0.15) is 44.5 Å². The number of pyridine rings is 1. The zero-order chi connectivity index (χ0) is 43.4. The van der Waals surface area contributed by atoms with Gasteiger partial charge in [0.05, 0.1) is 30.3 Å². The number of benzene rings is 7. The number of nitrogens with zero attached hydrogens (tertiary/aromatic N) is 5. The molecule has 9 aromatic rings. The normalized spacial score (nSPS) is 11.0. The van der Waals surface area contributed by atoms with E-state index >= 15 is 0 Å². The van der Waals surface area contributed by atoms with Gasteiger partial charge >= 0.3 is 0 Å². The standard InChI is InChI=1S/C35H31N3.C15H14N2.C7H8/c1-22-9-6-7-12-28(22)29-15-16-32-35(25(29)4)30-17-18-37-21-33(30)38(32)27-14-13-23(2)31(19-27)34-24(3)10-8-11-26(34)20-36-5;1-16-15(14-10-6-3-7-11-14)17-12-13-8-4-2-5-9-13;1-7-5-3-2-4-6-7/h6-19,21H,5,20H2,1-4H3;2-11H,1,12H2;2-6H,1H3. The summed E-state index contributed by atoms with van der Waals surface area (Å²) >= 11 is 0. The van der Waals surface area contributed by atoms with E-state index in [1.807, 2.05) is 79.1 Å². The SMILES string of the molecule is C=NC(=NCc1ccccc1)c1ccccc1.C=NCc1cccc(C)c1-c1cc(-n2c3cnccc3c3c(C)c(-c4ccccc4C)ccc32)ccc1C.Cc1ccccc1. The van der Waals surface area contributed by atoms with Crippen molar-refractivity contribution in [2.45, 2.75) is 47.7 Å². The van der Waals surface area contributed by atoms with Crippen molar-refractivity contribution in [3.8, 4) is 27.9 Å². The zero-order valence-electron chi connectivity index (χ0n) is 36.4. The Morgan fingerprint density at radius 1 is 0.565 bits per heavy atom. The van der Waals surface area contributed by atoms with Gasteiger partial charge in [-0.25, -0.2) is 4.99 Å². The number of rotatable bonds is 8. The molecule has 0 fully saturated rings. The Morgan fingerprint density at radius 3 is 1.90 bits per heavy atom. The van der Waals surface area contributed by atoms with Crippen LogP contribution >= 0.6 is 0 Å². The third-order valence-corrected chi connectivity index (χ3v) is 11.2. The average Bonchev–Trinajstić information content (AvgIpc) is 3.64. The lowest BCUT2D eigenvalue weighted by atomic mass is 9.91. The number of fused-ring (bicyclic) bond motifs is 3. The molecule has 0 aliphatic heterocycles. The Labute approximate surface area is 366 Å². The van der Waals surface area contributed by atoms with Gasteiger partial charge in [-0.3, -0.25) is 15.0 Å². The smallest absolute Gasteiger partial charge is 0.154 e. The second-order valence-corrected chi connectivity index (χ2v) is 15.5. The first-order valence-corrected chi connectivity index (χ1v) is 21.0. The van der Waals surface area contributed by atoms with Gasteiger partial charge < -0.3 is 4.57 Å². The maximum Gasteiger partial charge on any atom is 0.154 e. The van der Waals surface area contributed by atoms with E-state index in [0.717, 1.165) is 16.8 Å². The Balaban J connectivity index is 0.000000197. The number of hydrogen-bond acceptors (Lipinski definition) is 3. The number of amidine groups is 1. The fourth-order valence-electron chi connectivity index (χ4n) is 8.06. The van der Waals surface area contributed by atoms with Crippen LogP contribution < -0.4 is 0 Å². The fraction of sp³-hybridized carbons (Fsp3) is 0.123. The van der Waals surface area contributed by atoms with Gasteiger partial charge in [-0.15, -0.1) is 0 Å². The van der Waals surface area contributed by atoms with Crippen molar-refractivity contribution < 1.29 is 0 Å². The second-order valence-electron chi connectivity index (χ2n) is 15.5. The van der Waals surface area contributed by atoms with Crippen molar-refractivity contribution in [2.75, 3.05) is 0 Å². The van der Waals surface area contributed by atoms with Gasteiger partial charge in [0.25, 0.3) is 0 Å². The summed E-state index contributed by atoms with van der Waals surface area (Å²) in [5.41, 5.74) is 18.2. The van der Waals surface area contributed by atoms with Crippen LogP contribution in [0.5, 0.6) is 0 Å². The summed E-state index contributed by atoms with van der Waals surface area (Å²) in [6.45, 7) is 19.4. The molecule has 0 saturated heterocycles. The molecule has 2 aromatic heterocycles. The Hall–Kier alpha value is -7.50. The van der Waals surface area contributed by atoms with Gasteiger partial charge in [0.2, 0.25) is 0 Å². The molecule has 0 spiro atoms. The van der Waals surface area contributed by atoms with Gasteiger partial charge in [0.15, 0.2) is 5.84 Å². The predicted molar refractivity (Wildman–Crippen MR) is 266 cm³/mol. The van der Waals surface area contributed by atoms with Crippen molar-refractivity contribution >= 4 is 41.1 Å². The molecule has 0 aliphatic rings. The molecule has 306 valence electrons. The quantitative estimate of drug-likeness (QED) is 0.111. The van der Waals surface area contributed by atoms with Gasteiger partial charge in [-0.2, -0.15) is 0 Å². The number of aliphatic imine (C=N–C) groups is 3. The zero-order valence-corrected chi connectivity index (χ0v) is 36.4. The lowest BCUT2D eigenvalue weighted by Gasteiger charge is -2.17. The predicted octanol–water partition coefficient (Wildman–Crippen LogP) is 14.3. The summed E-state index contributed by atoms with van der Waals surface area (Å²) in [5, 5.41) is 2.50. The van der Waals surface area contributed by atoms with Gasteiger partial charge in [0.1, 0.15) is 0 Å². The van der Waals surface area contributed by atoms with Gasteiger partial charge in [-0.05, 0) is 128 Å². The fourth-order valence-corrected chi connectivity index (χ4v) is 8.06. The topological polar surface area (TPSA) is 54.9 Å². The third kappa shape index (κ3) is 9.59. The van der Waals surface area contributed by atoms with Crippen LogP contribution in [0.15, 0.2) is 197 Å². The first kappa shape index (κ1) is 42.6. The summed E-state index contributed by atoms with van der Waals surface area (Å²) in [5.74, 6) is 0.689. The molecule has 0 N–H and O–H groups in total. The second kappa shape index (κ2) is 20.2. The summed E-state index contributed by atoms with van der Waals surface area (Å²) < 4.78 is 2.36. The lowest BCUT2D eigenvalue weighted by Crippen LogP contribution is -1.99. The molecule has 62 heavy (non-hydrogen) atoms. The van der Waals surface area contributed by atoms with Crippen LogP contribution in [0.25, 0.3) is 49.7 Å². The minimum absolute atomic E-state index is 0.598. The highest BCUT2D eigenvalue weighted by atomic mass is 15.0. The van der Waals surface area contributed by atoms with Crippen molar-refractivity contribution in [1.29, 1.82) is 0 Å². The Bertz CT molecular complexity index is 2980. The molecular formula is C57H53N5. The van der Waals surface area contributed by atoms with E-state index in [1.54, 1.807) is 0 Å². The number of aromatic nitrogens is 2. The molecule has 0 saturated carbocycles. The van der Waals surface area contributed by atoms with E-state index in [4.69, 9.17) is 0 Å². The van der Waals surface area contributed by atoms with Gasteiger partial charge in [-0.1, -0.05) is 151 Å². The highest BCUT2D eigenvalue weighted by Crippen LogP contribution is 2.40. The molecule has 5 nitrogen and oxygen atoms in total. The van der Waals surface area contributed by atoms with Crippen molar-refractivity contribution in [3.05, 3.63) is 227 Å². The van der Waals surface area contributed by atoms with Crippen molar-refractivity contribution in [2.24, 2.45) is 15.0 Å². The van der Waals surface area contributed by atoms with Crippen LogP contribution in [0.3, 0.4) is 0 Å². The molecule has 5 heteroatoms.